The van der Waals surface area contributed by atoms with Gasteiger partial charge in [-0.05, 0) is 39.3 Å². The van der Waals surface area contributed by atoms with Crippen LogP contribution in [0.25, 0.3) is 0 Å². The highest BCUT2D eigenvalue weighted by Gasteiger charge is 2.22. The first-order valence-electron chi connectivity index (χ1n) is 5.82. The van der Waals surface area contributed by atoms with Crippen LogP contribution in [-0.4, -0.2) is 37.5 Å². The van der Waals surface area contributed by atoms with Gasteiger partial charge in [-0.2, -0.15) is 0 Å². The summed E-state index contributed by atoms with van der Waals surface area (Å²) in [6, 6.07) is 0.0126. The molecule has 2 heterocycles. The molecule has 1 aliphatic rings. The van der Waals surface area contributed by atoms with Gasteiger partial charge in [-0.25, -0.2) is 18.1 Å². The Morgan fingerprint density at radius 3 is 2.94 bits per heavy atom. The summed E-state index contributed by atoms with van der Waals surface area (Å²) in [4.78, 5) is 6.65. The molecule has 0 saturated carbocycles. The molecule has 96 valence electrons. The number of rotatable bonds is 3. The summed E-state index contributed by atoms with van der Waals surface area (Å²) in [6.45, 7) is 3.55. The molecular formula is C10H18N4O2S. The molecule has 0 radical (unpaired) electrons. The molecule has 1 saturated heterocycles. The van der Waals surface area contributed by atoms with Gasteiger partial charge in [-0.1, -0.05) is 0 Å². The quantitative estimate of drug-likeness (QED) is 0.719. The fourth-order valence-electron chi connectivity index (χ4n) is 1.95. The van der Waals surface area contributed by atoms with Gasteiger partial charge in [0.1, 0.15) is 5.82 Å². The van der Waals surface area contributed by atoms with Crippen LogP contribution < -0.4 is 10.0 Å². The summed E-state index contributed by atoms with van der Waals surface area (Å²) in [5.74, 6) is 0.605. The van der Waals surface area contributed by atoms with E-state index in [1.165, 1.54) is 6.20 Å². The van der Waals surface area contributed by atoms with E-state index in [9.17, 15) is 8.42 Å². The first-order valence-corrected chi connectivity index (χ1v) is 7.31. The molecule has 0 aromatic carbocycles. The predicted octanol–water partition coefficient (Wildman–Crippen LogP) is 0.139. The Kier molecular flexibility index (Phi) is 3.80. The van der Waals surface area contributed by atoms with E-state index in [1.54, 1.807) is 6.92 Å². The normalized spacial score (nSPS) is 22.3. The van der Waals surface area contributed by atoms with Crippen LogP contribution in [-0.2, 0) is 10.0 Å². The lowest BCUT2D eigenvalue weighted by atomic mass is 10.1. The molecule has 6 nitrogen and oxygen atoms in total. The number of imidazole rings is 1. The average Bonchev–Trinajstić information content (AvgIpc) is 2.55. The Labute approximate surface area is 101 Å². The minimum Gasteiger partial charge on any atom is -0.332 e. The van der Waals surface area contributed by atoms with Crippen LogP contribution >= 0.6 is 0 Å². The SMILES string of the molecule is Cc1ncc(S(=O)(=O)NC2CCCNCC2)[nH]1. The fourth-order valence-corrected chi connectivity index (χ4v) is 3.23. The third kappa shape index (κ3) is 3.27. The largest absolute Gasteiger partial charge is 0.332 e. The lowest BCUT2D eigenvalue weighted by molar-refractivity contribution is 0.516. The van der Waals surface area contributed by atoms with Crippen molar-refractivity contribution in [3.05, 3.63) is 12.0 Å². The van der Waals surface area contributed by atoms with Crippen LogP contribution in [0.2, 0.25) is 0 Å². The second kappa shape index (κ2) is 5.16. The number of H-pyrrole nitrogens is 1. The van der Waals surface area contributed by atoms with E-state index < -0.39 is 10.0 Å². The van der Waals surface area contributed by atoms with Crippen LogP contribution in [0.4, 0.5) is 0 Å². The molecule has 1 aliphatic heterocycles. The Hall–Kier alpha value is -0.920. The van der Waals surface area contributed by atoms with Crippen LogP contribution in [0.15, 0.2) is 11.2 Å². The average molecular weight is 258 g/mol. The third-order valence-electron chi connectivity index (χ3n) is 2.87. The van der Waals surface area contributed by atoms with Crippen LogP contribution in [0.5, 0.6) is 0 Å². The van der Waals surface area contributed by atoms with Crippen molar-refractivity contribution < 1.29 is 8.42 Å². The molecule has 1 aromatic heterocycles. The molecule has 1 aromatic rings. The van der Waals surface area contributed by atoms with Crippen molar-refractivity contribution in [1.82, 2.24) is 20.0 Å². The maximum absolute atomic E-state index is 12.0. The fraction of sp³-hybridized carbons (Fsp3) is 0.700. The molecular weight excluding hydrogens is 240 g/mol. The van der Waals surface area contributed by atoms with Crippen molar-refractivity contribution >= 4 is 10.0 Å². The van der Waals surface area contributed by atoms with Crippen molar-refractivity contribution in [2.45, 2.75) is 37.3 Å². The highest BCUT2D eigenvalue weighted by Crippen LogP contribution is 2.11. The van der Waals surface area contributed by atoms with Gasteiger partial charge in [0.25, 0.3) is 10.0 Å². The molecule has 1 unspecified atom stereocenters. The van der Waals surface area contributed by atoms with Crippen LogP contribution in [0.3, 0.4) is 0 Å². The second-order valence-corrected chi connectivity index (χ2v) is 6.01. The van der Waals surface area contributed by atoms with Gasteiger partial charge in [-0.3, -0.25) is 0 Å². The van der Waals surface area contributed by atoms with E-state index in [2.05, 4.69) is 20.0 Å². The molecule has 1 atom stereocenters. The maximum atomic E-state index is 12.0. The van der Waals surface area contributed by atoms with Crippen molar-refractivity contribution in [3.63, 3.8) is 0 Å². The molecule has 2 rings (SSSR count). The molecule has 0 bridgehead atoms. The first kappa shape index (κ1) is 12.5. The Morgan fingerprint density at radius 1 is 1.41 bits per heavy atom. The van der Waals surface area contributed by atoms with Gasteiger partial charge in [0.15, 0.2) is 5.03 Å². The minimum absolute atomic E-state index is 0.0126. The number of nitrogens with one attached hydrogen (secondary N) is 3. The molecule has 17 heavy (non-hydrogen) atoms. The Bertz CT molecular complexity index is 460. The van der Waals surface area contributed by atoms with Gasteiger partial charge in [-0.15, -0.1) is 0 Å². The van der Waals surface area contributed by atoms with Crippen molar-refractivity contribution in [2.75, 3.05) is 13.1 Å². The highest BCUT2D eigenvalue weighted by atomic mass is 32.2. The maximum Gasteiger partial charge on any atom is 0.257 e. The zero-order valence-corrected chi connectivity index (χ0v) is 10.7. The number of sulfonamides is 1. The minimum atomic E-state index is -3.45. The molecule has 0 aliphatic carbocycles. The van der Waals surface area contributed by atoms with Gasteiger partial charge in [0.05, 0.1) is 6.20 Å². The van der Waals surface area contributed by atoms with Crippen LogP contribution in [0.1, 0.15) is 25.1 Å². The second-order valence-electron chi connectivity index (χ2n) is 4.33. The summed E-state index contributed by atoms with van der Waals surface area (Å²) >= 11 is 0. The Balaban J connectivity index is 2.06. The summed E-state index contributed by atoms with van der Waals surface area (Å²) < 4.78 is 26.8. The van der Waals surface area contributed by atoms with Gasteiger partial charge >= 0.3 is 0 Å². The zero-order valence-electron chi connectivity index (χ0n) is 9.86. The van der Waals surface area contributed by atoms with Crippen molar-refractivity contribution in [2.24, 2.45) is 0 Å². The zero-order chi connectivity index (χ0) is 12.3. The number of hydrogen-bond acceptors (Lipinski definition) is 4. The number of nitrogens with zero attached hydrogens (tertiary/aromatic N) is 1. The lowest BCUT2D eigenvalue weighted by Gasteiger charge is -2.14. The van der Waals surface area contributed by atoms with Gasteiger partial charge in [0, 0.05) is 6.04 Å². The van der Waals surface area contributed by atoms with Crippen LogP contribution in [0, 0.1) is 6.92 Å². The molecule has 1 fully saturated rings. The lowest BCUT2D eigenvalue weighted by Crippen LogP contribution is -2.35. The summed E-state index contributed by atoms with van der Waals surface area (Å²) in [5, 5.41) is 3.40. The number of aromatic nitrogens is 2. The third-order valence-corrected chi connectivity index (χ3v) is 4.30. The van der Waals surface area contributed by atoms with E-state index in [-0.39, 0.29) is 11.1 Å². The summed E-state index contributed by atoms with van der Waals surface area (Å²) in [5.41, 5.74) is 0. The van der Waals surface area contributed by atoms with Crippen molar-refractivity contribution in [1.29, 1.82) is 0 Å². The summed E-state index contributed by atoms with van der Waals surface area (Å²) in [7, 11) is -3.45. The smallest absolute Gasteiger partial charge is 0.257 e. The van der Waals surface area contributed by atoms with E-state index in [1.807, 2.05) is 0 Å². The van der Waals surface area contributed by atoms with Crippen molar-refractivity contribution in [3.8, 4) is 0 Å². The standard InChI is InChI=1S/C10H18N4O2S/c1-8-12-7-10(13-8)17(15,16)14-9-3-2-5-11-6-4-9/h7,9,11,14H,2-6H2,1H3,(H,12,13). The number of aromatic amines is 1. The number of hydrogen-bond donors (Lipinski definition) is 3. The van der Waals surface area contributed by atoms with Gasteiger partial charge in [0.2, 0.25) is 0 Å². The Morgan fingerprint density at radius 2 is 2.24 bits per heavy atom. The molecule has 3 N–H and O–H groups in total. The topological polar surface area (TPSA) is 86.9 Å². The van der Waals surface area contributed by atoms with E-state index in [0.717, 1.165) is 32.4 Å². The van der Waals surface area contributed by atoms with E-state index >= 15 is 0 Å². The number of aryl methyl sites for hydroxylation is 1. The molecule has 0 amide bonds. The highest BCUT2D eigenvalue weighted by molar-refractivity contribution is 7.89. The van der Waals surface area contributed by atoms with E-state index in [4.69, 9.17) is 0 Å². The monoisotopic (exact) mass is 258 g/mol. The van der Waals surface area contributed by atoms with Gasteiger partial charge < -0.3 is 10.3 Å². The predicted molar refractivity (Wildman–Crippen MR) is 64.2 cm³/mol. The first-order chi connectivity index (χ1) is 8.08. The molecule has 0 spiro atoms. The summed E-state index contributed by atoms with van der Waals surface area (Å²) in [6.07, 6.45) is 4.05. The van der Waals surface area contributed by atoms with E-state index in [0.29, 0.717) is 5.82 Å². The molecule has 7 heteroatoms.